The quantitative estimate of drug-likeness (QED) is 0.658. The number of carboxylic acids is 1. The second kappa shape index (κ2) is 7.63. The first-order valence-corrected chi connectivity index (χ1v) is 9.04. The van der Waals surface area contributed by atoms with E-state index >= 15 is 0 Å². The number of halogens is 3. The molecule has 3 rings (SSSR count). The minimum absolute atomic E-state index is 0.0780. The number of hydrogen-bond donors (Lipinski definition) is 3. The Balaban J connectivity index is 1.64. The molecule has 1 aromatic heterocycles. The Hall–Kier alpha value is -2.49. The van der Waals surface area contributed by atoms with Gasteiger partial charge in [-0.2, -0.15) is 8.78 Å². The number of aliphatic carboxylic acids is 1. The van der Waals surface area contributed by atoms with Gasteiger partial charge in [0.15, 0.2) is 0 Å². The van der Waals surface area contributed by atoms with Crippen LogP contribution in [0.25, 0.3) is 0 Å². The highest BCUT2D eigenvalue weighted by Gasteiger charge is 2.41. The molecule has 0 atom stereocenters. The van der Waals surface area contributed by atoms with E-state index in [1.54, 1.807) is 6.07 Å². The molecular weight excluding hydrogens is 426 g/mol. The third-order valence-corrected chi connectivity index (χ3v) is 5.00. The molecular formula is C17H17BrF2N4O3. The van der Waals surface area contributed by atoms with Crippen LogP contribution < -0.4 is 15.8 Å². The summed E-state index contributed by atoms with van der Waals surface area (Å²) >= 11 is 3.09. The highest BCUT2D eigenvalue weighted by atomic mass is 79.9. The van der Waals surface area contributed by atoms with Gasteiger partial charge in [-0.25, -0.2) is 9.78 Å². The van der Waals surface area contributed by atoms with E-state index in [4.69, 9.17) is 5.11 Å². The molecule has 0 unspecified atom stereocenters. The number of anilines is 2. The zero-order valence-electron chi connectivity index (χ0n) is 14.1. The lowest BCUT2D eigenvalue weighted by molar-refractivity contribution is -0.166. The topological polar surface area (TPSA) is 98.3 Å². The average Bonchev–Trinajstić information content (AvgIpc) is 2.65. The number of aromatic amines is 1. The third kappa shape index (κ3) is 4.26. The van der Waals surface area contributed by atoms with Gasteiger partial charge < -0.3 is 15.3 Å². The van der Waals surface area contributed by atoms with Gasteiger partial charge in [0.25, 0.3) is 5.56 Å². The predicted molar refractivity (Wildman–Crippen MR) is 99.4 cm³/mol. The number of aromatic nitrogens is 2. The number of nitrogens with one attached hydrogen (secondary N) is 2. The Kier molecular flexibility index (Phi) is 5.45. The Bertz CT molecular complexity index is 898. The van der Waals surface area contributed by atoms with Gasteiger partial charge in [0, 0.05) is 30.4 Å². The summed E-state index contributed by atoms with van der Waals surface area (Å²) in [5, 5.41) is 11.9. The zero-order valence-corrected chi connectivity index (χ0v) is 15.7. The van der Waals surface area contributed by atoms with Crippen LogP contribution in [-0.2, 0) is 10.7 Å². The van der Waals surface area contributed by atoms with Gasteiger partial charge in [-0.3, -0.25) is 9.78 Å². The molecule has 2 heterocycles. The summed E-state index contributed by atoms with van der Waals surface area (Å²) in [6.07, 6.45) is 2.84. The average molecular weight is 443 g/mol. The molecule has 3 N–H and O–H groups in total. The number of H-pyrrole nitrogens is 1. The molecule has 0 amide bonds. The van der Waals surface area contributed by atoms with Gasteiger partial charge in [0.2, 0.25) is 5.95 Å². The highest BCUT2D eigenvalue weighted by molar-refractivity contribution is 9.10. The fraction of sp³-hybridized carbons (Fsp3) is 0.353. The van der Waals surface area contributed by atoms with Crippen molar-refractivity contribution < 1.29 is 18.7 Å². The van der Waals surface area contributed by atoms with E-state index in [2.05, 4.69) is 31.2 Å². The summed E-state index contributed by atoms with van der Waals surface area (Å²) in [6, 6.07) is 5.52. The minimum atomic E-state index is -3.92. The number of carboxylic acid groups (broad SMARTS) is 1. The Morgan fingerprint density at radius 2 is 2.07 bits per heavy atom. The number of carbonyl (C=O) groups is 1. The molecule has 27 heavy (non-hydrogen) atoms. The molecule has 7 nitrogen and oxygen atoms in total. The van der Waals surface area contributed by atoms with E-state index in [-0.39, 0.29) is 11.6 Å². The van der Waals surface area contributed by atoms with Crippen molar-refractivity contribution in [2.24, 2.45) is 0 Å². The summed E-state index contributed by atoms with van der Waals surface area (Å²) < 4.78 is 27.8. The monoisotopic (exact) mass is 442 g/mol. The van der Waals surface area contributed by atoms with Crippen LogP contribution in [0.3, 0.4) is 0 Å². The highest BCUT2D eigenvalue weighted by Crippen LogP contribution is 2.31. The van der Waals surface area contributed by atoms with Crippen LogP contribution in [0.15, 0.2) is 39.7 Å². The summed E-state index contributed by atoms with van der Waals surface area (Å²) in [5.74, 6) is -5.71. The summed E-state index contributed by atoms with van der Waals surface area (Å²) in [6.45, 7) is 1.20. The van der Waals surface area contributed by atoms with Crippen LogP contribution in [0.4, 0.5) is 20.4 Å². The lowest BCUT2D eigenvalue weighted by Gasteiger charge is -2.34. The standard InChI is InChI=1S/C17H17BrF2N4O3/c18-13-9-21-16(23-14(13)25)22-11-4-6-24(7-5-11)12-3-1-2-10(8-12)17(19,20)15(26)27/h1-3,8-9,11H,4-7H2,(H,26,27)(H2,21,22,23,25). The molecule has 1 aromatic carbocycles. The van der Waals surface area contributed by atoms with Crippen molar-refractivity contribution in [3.8, 4) is 0 Å². The largest absolute Gasteiger partial charge is 0.477 e. The van der Waals surface area contributed by atoms with Gasteiger partial charge in [-0.1, -0.05) is 12.1 Å². The molecule has 0 spiro atoms. The van der Waals surface area contributed by atoms with Crippen molar-refractivity contribution in [1.82, 2.24) is 9.97 Å². The molecule has 0 saturated carbocycles. The zero-order chi connectivity index (χ0) is 19.6. The molecule has 2 aromatic rings. The van der Waals surface area contributed by atoms with E-state index in [0.717, 1.165) is 6.07 Å². The van der Waals surface area contributed by atoms with Gasteiger partial charge in [0.1, 0.15) is 4.47 Å². The minimum Gasteiger partial charge on any atom is -0.477 e. The van der Waals surface area contributed by atoms with Crippen molar-refractivity contribution in [3.05, 3.63) is 50.9 Å². The number of alkyl halides is 2. The van der Waals surface area contributed by atoms with Crippen LogP contribution in [-0.4, -0.2) is 40.2 Å². The summed E-state index contributed by atoms with van der Waals surface area (Å²) in [5.41, 5.74) is -0.257. The number of piperidine rings is 1. The van der Waals surface area contributed by atoms with Gasteiger partial charge in [0.05, 0.1) is 6.20 Å². The van der Waals surface area contributed by atoms with E-state index in [1.807, 2.05) is 4.90 Å². The fourth-order valence-electron chi connectivity index (χ4n) is 2.95. The van der Waals surface area contributed by atoms with Crippen molar-refractivity contribution in [3.63, 3.8) is 0 Å². The molecule has 1 saturated heterocycles. The molecule has 1 aliphatic rings. The molecule has 144 valence electrons. The lowest BCUT2D eigenvalue weighted by Crippen LogP contribution is -2.39. The van der Waals surface area contributed by atoms with Crippen molar-refractivity contribution in [2.45, 2.75) is 24.8 Å². The number of hydrogen-bond acceptors (Lipinski definition) is 5. The maximum Gasteiger partial charge on any atom is 0.379 e. The van der Waals surface area contributed by atoms with Crippen LogP contribution >= 0.6 is 15.9 Å². The van der Waals surface area contributed by atoms with Crippen LogP contribution in [0.1, 0.15) is 18.4 Å². The summed E-state index contributed by atoms with van der Waals surface area (Å²) in [7, 11) is 0. The Morgan fingerprint density at radius 1 is 1.37 bits per heavy atom. The normalized spacial score (nSPS) is 15.6. The molecule has 1 aliphatic heterocycles. The molecule has 10 heteroatoms. The van der Waals surface area contributed by atoms with Crippen molar-refractivity contribution in [2.75, 3.05) is 23.3 Å². The fourth-order valence-corrected chi connectivity index (χ4v) is 3.15. The predicted octanol–water partition coefficient (Wildman–Crippen LogP) is 2.79. The van der Waals surface area contributed by atoms with Crippen LogP contribution in [0.5, 0.6) is 0 Å². The van der Waals surface area contributed by atoms with Crippen molar-refractivity contribution >= 4 is 33.5 Å². The smallest absolute Gasteiger partial charge is 0.379 e. The van der Waals surface area contributed by atoms with E-state index in [1.165, 1.54) is 18.3 Å². The molecule has 0 radical (unpaired) electrons. The maximum absolute atomic E-state index is 13.7. The number of benzene rings is 1. The number of rotatable bonds is 5. The lowest BCUT2D eigenvalue weighted by atomic mass is 10.0. The van der Waals surface area contributed by atoms with Crippen LogP contribution in [0.2, 0.25) is 0 Å². The molecule has 1 fully saturated rings. The van der Waals surface area contributed by atoms with Crippen molar-refractivity contribution in [1.29, 1.82) is 0 Å². The SMILES string of the molecule is O=C(O)C(F)(F)c1cccc(N2CCC(Nc3ncc(Br)c(=O)[nH]3)CC2)c1. The summed E-state index contributed by atoms with van der Waals surface area (Å²) in [4.78, 5) is 31.0. The Morgan fingerprint density at radius 3 is 2.70 bits per heavy atom. The number of nitrogens with zero attached hydrogens (tertiary/aromatic N) is 2. The van der Waals surface area contributed by atoms with Crippen LogP contribution in [0, 0.1) is 0 Å². The second-order valence-corrected chi connectivity index (χ2v) is 7.10. The van der Waals surface area contributed by atoms with Gasteiger partial charge in [-0.15, -0.1) is 0 Å². The molecule has 0 bridgehead atoms. The maximum atomic E-state index is 13.7. The Labute approximate surface area is 161 Å². The molecule has 0 aliphatic carbocycles. The van der Waals surface area contributed by atoms with E-state index in [9.17, 15) is 18.4 Å². The van der Waals surface area contributed by atoms with Gasteiger partial charge >= 0.3 is 11.9 Å². The first kappa shape index (κ1) is 19.3. The van der Waals surface area contributed by atoms with E-state index in [0.29, 0.717) is 42.0 Å². The first-order chi connectivity index (χ1) is 12.8. The second-order valence-electron chi connectivity index (χ2n) is 6.24. The first-order valence-electron chi connectivity index (χ1n) is 8.25. The third-order valence-electron chi connectivity index (χ3n) is 4.43. The van der Waals surface area contributed by atoms with E-state index < -0.39 is 17.5 Å². The van der Waals surface area contributed by atoms with Gasteiger partial charge in [-0.05, 0) is 40.9 Å².